The minimum atomic E-state index is -3.84. The molecule has 1 aliphatic heterocycles. The van der Waals surface area contributed by atoms with Crippen LogP contribution in [-0.2, 0) is 45.7 Å². The number of hydrogen-bond acceptors (Lipinski definition) is 8. The molecule has 0 N–H and O–H groups in total. The van der Waals surface area contributed by atoms with Crippen LogP contribution in [0, 0.1) is 12.3 Å². The van der Waals surface area contributed by atoms with Crippen molar-refractivity contribution in [2.24, 2.45) is 5.41 Å². The van der Waals surface area contributed by atoms with Gasteiger partial charge in [-0.05, 0) is 60.2 Å². The third kappa shape index (κ3) is 7.37. The third-order valence-corrected chi connectivity index (χ3v) is 10.4. The summed E-state index contributed by atoms with van der Waals surface area (Å²) in [7, 11) is -3.84. The first-order valence-electron chi connectivity index (χ1n) is 15.8. The molecule has 0 radical (unpaired) electrons. The minimum Gasteiger partial charge on any atom is -0.488 e. The van der Waals surface area contributed by atoms with E-state index in [1.807, 2.05) is 64.2 Å². The van der Waals surface area contributed by atoms with Gasteiger partial charge < -0.3 is 9.47 Å². The highest BCUT2D eigenvalue weighted by Gasteiger charge is 2.39. The van der Waals surface area contributed by atoms with Crippen molar-refractivity contribution in [2.75, 3.05) is 6.54 Å². The molecule has 244 valence electrons. The molecule has 46 heavy (non-hydrogen) atoms. The van der Waals surface area contributed by atoms with Crippen LogP contribution in [0.4, 0.5) is 0 Å². The molecule has 2 aromatic carbocycles. The van der Waals surface area contributed by atoms with E-state index in [1.54, 1.807) is 41.3 Å². The van der Waals surface area contributed by atoms with E-state index in [2.05, 4.69) is 22.2 Å². The van der Waals surface area contributed by atoms with Crippen LogP contribution < -0.4 is 4.74 Å². The second-order valence-corrected chi connectivity index (χ2v) is 14.3. The summed E-state index contributed by atoms with van der Waals surface area (Å²) in [4.78, 5) is 18.2. The quantitative estimate of drug-likeness (QED) is 0.178. The topological polar surface area (TPSA) is 117 Å². The van der Waals surface area contributed by atoms with Gasteiger partial charge in [-0.1, -0.05) is 69.3 Å². The number of sulfonamides is 1. The van der Waals surface area contributed by atoms with Gasteiger partial charge in [-0.25, -0.2) is 8.42 Å². The smallest absolute Gasteiger partial charge is 0.247 e. The maximum absolute atomic E-state index is 13.9. The van der Waals surface area contributed by atoms with Gasteiger partial charge in [0.15, 0.2) is 0 Å². The van der Waals surface area contributed by atoms with Crippen molar-refractivity contribution < 1.29 is 22.7 Å². The summed E-state index contributed by atoms with van der Waals surface area (Å²) in [5, 5.41) is 8.46. The number of fused-ring (bicyclic) bond motifs is 1. The van der Waals surface area contributed by atoms with Crippen molar-refractivity contribution in [2.45, 2.75) is 90.7 Å². The number of benzene rings is 2. The van der Waals surface area contributed by atoms with Gasteiger partial charge in [0.25, 0.3) is 0 Å². The van der Waals surface area contributed by atoms with Gasteiger partial charge in [0.1, 0.15) is 28.2 Å². The van der Waals surface area contributed by atoms with Crippen LogP contribution >= 0.6 is 0 Å². The van der Waals surface area contributed by atoms with E-state index in [-0.39, 0.29) is 42.9 Å². The summed E-state index contributed by atoms with van der Waals surface area (Å²) in [6.07, 6.45) is 6.10. The van der Waals surface area contributed by atoms with Gasteiger partial charge in [-0.2, -0.15) is 4.31 Å². The Morgan fingerprint density at radius 3 is 2.67 bits per heavy atom. The van der Waals surface area contributed by atoms with Crippen molar-refractivity contribution >= 4 is 15.8 Å². The largest absolute Gasteiger partial charge is 0.488 e. The van der Waals surface area contributed by atoms with Crippen LogP contribution in [0.2, 0.25) is 0 Å². The van der Waals surface area contributed by atoms with Crippen molar-refractivity contribution in [1.29, 1.82) is 0 Å². The number of ketones is 1. The highest BCUT2D eigenvalue weighted by Crippen LogP contribution is 2.40. The molecular formula is C35H43N5O5S. The van der Waals surface area contributed by atoms with Gasteiger partial charge >= 0.3 is 0 Å². The Labute approximate surface area is 271 Å². The fraction of sp³-hybridized carbons (Fsp3) is 0.429. The van der Waals surface area contributed by atoms with Crippen LogP contribution in [0.5, 0.6) is 5.75 Å². The fourth-order valence-electron chi connectivity index (χ4n) is 5.71. The van der Waals surface area contributed by atoms with Gasteiger partial charge in [0.2, 0.25) is 10.0 Å². The standard InChI is InChI=1S/C35H43N5O5S/c1-6-17-39-22-29(37-38-39)24-44-34(35(4,5)33(41)18-26-11-10-16-36-20-26)27-15-14-25(3)28(19-27)21-40-23-30(7-2)45-31-12-8-9-13-32(31)46(40,42)43/h8-16,19-20,22,30,34H,6-7,17-18,21,23-24H2,1-5H3/t30-,34-/m1/s1. The number of Topliss-reactive ketones (excluding diaryl/α,β-unsaturated/α-hetero) is 1. The molecule has 3 heterocycles. The number of nitrogens with zero attached hydrogens (tertiary/aromatic N) is 5. The molecule has 11 heteroatoms. The predicted octanol–water partition coefficient (Wildman–Crippen LogP) is 5.85. The SMILES string of the molecule is CCCn1cc(CO[C@H](c2ccc(C)c(CN3C[C@@H](CC)Oc4ccccc4S3(=O)=O)c2)C(C)(C)C(=O)Cc2cccnc2)nn1. The van der Waals surface area contributed by atoms with Crippen LogP contribution in [0.25, 0.3) is 0 Å². The molecular weight excluding hydrogens is 602 g/mol. The Hall–Kier alpha value is -3.93. The van der Waals surface area contributed by atoms with Crippen LogP contribution in [0.15, 0.2) is 78.1 Å². The molecule has 10 nitrogen and oxygen atoms in total. The van der Waals surface area contributed by atoms with Crippen molar-refractivity contribution in [1.82, 2.24) is 24.3 Å². The Morgan fingerprint density at radius 1 is 1.13 bits per heavy atom. The summed E-state index contributed by atoms with van der Waals surface area (Å²) in [5.74, 6) is 0.373. The molecule has 4 aromatic rings. The van der Waals surface area contributed by atoms with Crippen LogP contribution in [-0.4, -0.2) is 51.1 Å². The molecule has 0 unspecified atom stereocenters. The average molecular weight is 646 g/mol. The zero-order valence-corrected chi connectivity index (χ0v) is 28.0. The molecule has 0 amide bonds. The molecule has 0 saturated heterocycles. The summed E-state index contributed by atoms with van der Waals surface area (Å²) in [5.41, 5.74) is 3.09. The zero-order chi connectivity index (χ0) is 32.9. The normalized spacial score (nSPS) is 17.1. The van der Waals surface area contributed by atoms with Gasteiger partial charge in [-0.15, -0.1) is 5.10 Å². The number of para-hydroxylation sites is 1. The fourth-order valence-corrected chi connectivity index (χ4v) is 7.28. The maximum Gasteiger partial charge on any atom is 0.247 e. The van der Waals surface area contributed by atoms with Crippen LogP contribution in [0.1, 0.15) is 74.6 Å². The lowest BCUT2D eigenvalue weighted by Crippen LogP contribution is -2.37. The number of aromatic nitrogens is 4. The lowest BCUT2D eigenvalue weighted by Gasteiger charge is -2.34. The molecule has 0 fully saturated rings. The van der Waals surface area contributed by atoms with Gasteiger partial charge in [0.05, 0.1) is 30.9 Å². The Bertz CT molecular complexity index is 1760. The van der Waals surface area contributed by atoms with E-state index in [0.29, 0.717) is 17.9 Å². The molecule has 0 aliphatic carbocycles. The monoisotopic (exact) mass is 645 g/mol. The molecule has 0 bridgehead atoms. The first-order valence-corrected chi connectivity index (χ1v) is 17.2. The zero-order valence-electron chi connectivity index (χ0n) is 27.2. The van der Waals surface area contributed by atoms with Crippen LogP contribution in [0.3, 0.4) is 0 Å². The number of ether oxygens (including phenoxy) is 2. The lowest BCUT2D eigenvalue weighted by atomic mass is 9.76. The van der Waals surface area contributed by atoms with E-state index in [1.165, 1.54) is 4.31 Å². The van der Waals surface area contributed by atoms with Crippen molar-refractivity contribution in [3.63, 3.8) is 0 Å². The molecule has 0 saturated carbocycles. The number of pyridine rings is 1. The summed E-state index contributed by atoms with van der Waals surface area (Å²) < 4.78 is 43.8. The van der Waals surface area contributed by atoms with Gasteiger partial charge in [-0.3, -0.25) is 14.5 Å². The van der Waals surface area contributed by atoms with E-state index < -0.39 is 21.5 Å². The number of aryl methyl sites for hydroxylation is 2. The van der Waals surface area contributed by atoms with Crippen molar-refractivity contribution in [3.05, 3.63) is 101 Å². The maximum atomic E-state index is 13.9. The van der Waals surface area contributed by atoms with E-state index in [4.69, 9.17) is 9.47 Å². The first kappa shape index (κ1) is 33.4. The summed E-state index contributed by atoms with van der Waals surface area (Å²) >= 11 is 0. The molecule has 2 atom stereocenters. The number of hydrogen-bond donors (Lipinski definition) is 0. The molecule has 2 aromatic heterocycles. The molecule has 5 rings (SSSR count). The van der Waals surface area contributed by atoms with Crippen molar-refractivity contribution in [3.8, 4) is 5.75 Å². The Kier molecular flexibility index (Phi) is 10.3. The number of carbonyl (C=O) groups is 1. The van der Waals surface area contributed by atoms with Gasteiger partial charge in [0, 0.05) is 31.9 Å². The summed E-state index contributed by atoms with van der Waals surface area (Å²) in [6.45, 7) is 11.1. The Balaban J connectivity index is 1.48. The second-order valence-electron chi connectivity index (χ2n) is 12.4. The Morgan fingerprint density at radius 2 is 1.93 bits per heavy atom. The number of carbonyl (C=O) groups excluding carboxylic acids is 1. The average Bonchev–Trinajstić information content (AvgIpc) is 3.45. The second kappa shape index (κ2) is 14.2. The molecule has 1 aliphatic rings. The van der Waals surface area contributed by atoms with E-state index in [9.17, 15) is 13.2 Å². The lowest BCUT2D eigenvalue weighted by molar-refractivity contribution is -0.137. The minimum absolute atomic E-state index is 0.00287. The highest BCUT2D eigenvalue weighted by atomic mass is 32.2. The number of rotatable bonds is 13. The predicted molar refractivity (Wildman–Crippen MR) is 174 cm³/mol. The highest BCUT2D eigenvalue weighted by molar-refractivity contribution is 7.89. The third-order valence-electron chi connectivity index (χ3n) is 8.54. The van der Waals surface area contributed by atoms with E-state index >= 15 is 0 Å². The van der Waals surface area contributed by atoms with E-state index in [0.717, 1.165) is 35.2 Å². The first-order chi connectivity index (χ1) is 22.0. The molecule has 0 spiro atoms. The summed E-state index contributed by atoms with van der Waals surface area (Å²) in [6, 6.07) is 16.4.